The second-order valence-electron chi connectivity index (χ2n) is 4.51. The van der Waals surface area contributed by atoms with E-state index in [0.29, 0.717) is 5.75 Å². The average molecular weight is 291 g/mol. The molecule has 1 aromatic carbocycles. The van der Waals surface area contributed by atoms with E-state index in [-0.39, 0.29) is 11.3 Å². The van der Waals surface area contributed by atoms with Crippen LogP contribution in [0.2, 0.25) is 0 Å². The van der Waals surface area contributed by atoms with Crippen LogP contribution in [-0.2, 0) is 4.79 Å². The minimum Gasteiger partial charge on any atom is -0.495 e. The summed E-state index contributed by atoms with van der Waals surface area (Å²) in [5.41, 5.74) is 0.499. The molecule has 7 nitrogen and oxygen atoms in total. The SMILES string of the molecule is COc1cccc(C#N)c1NC(=O)NC(C)C(C)C(=O)O. The number of nitriles is 1. The van der Waals surface area contributed by atoms with Crippen molar-refractivity contribution in [3.05, 3.63) is 23.8 Å². The second kappa shape index (κ2) is 7.14. The molecule has 1 aromatic rings. The monoisotopic (exact) mass is 291 g/mol. The fourth-order valence-corrected chi connectivity index (χ4v) is 1.62. The van der Waals surface area contributed by atoms with Crippen LogP contribution >= 0.6 is 0 Å². The molecule has 0 aliphatic rings. The number of hydrogen-bond donors (Lipinski definition) is 3. The number of carbonyl (C=O) groups is 2. The van der Waals surface area contributed by atoms with Crippen molar-refractivity contribution in [2.45, 2.75) is 19.9 Å². The van der Waals surface area contributed by atoms with Crippen molar-refractivity contribution in [2.24, 2.45) is 5.92 Å². The predicted molar refractivity (Wildman–Crippen MR) is 76.1 cm³/mol. The third kappa shape index (κ3) is 4.11. The van der Waals surface area contributed by atoms with E-state index in [9.17, 15) is 9.59 Å². The van der Waals surface area contributed by atoms with E-state index in [1.54, 1.807) is 25.1 Å². The number of ether oxygens (including phenoxy) is 1. The molecule has 21 heavy (non-hydrogen) atoms. The van der Waals surface area contributed by atoms with Crippen molar-refractivity contribution in [1.29, 1.82) is 5.26 Å². The van der Waals surface area contributed by atoms with Gasteiger partial charge in [-0.1, -0.05) is 6.07 Å². The van der Waals surface area contributed by atoms with Gasteiger partial charge in [-0.3, -0.25) is 4.79 Å². The largest absolute Gasteiger partial charge is 0.495 e. The fourth-order valence-electron chi connectivity index (χ4n) is 1.62. The summed E-state index contributed by atoms with van der Waals surface area (Å²) in [5.74, 6) is -1.38. The molecule has 3 N–H and O–H groups in total. The first-order valence-electron chi connectivity index (χ1n) is 6.28. The van der Waals surface area contributed by atoms with Crippen molar-refractivity contribution in [3.63, 3.8) is 0 Å². The second-order valence-corrected chi connectivity index (χ2v) is 4.51. The van der Waals surface area contributed by atoms with Gasteiger partial charge in [0.1, 0.15) is 17.5 Å². The van der Waals surface area contributed by atoms with Crippen LogP contribution in [0.4, 0.5) is 10.5 Å². The Kier molecular flexibility index (Phi) is 5.55. The van der Waals surface area contributed by atoms with Gasteiger partial charge in [-0.15, -0.1) is 0 Å². The number of aliphatic carboxylic acids is 1. The van der Waals surface area contributed by atoms with Gasteiger partial charge < -0.3 is 20.5 Å². The summed E-state index contributed by atoms with van der Waals surface area (Å²) in [6.45, 7) is 3.09. The minimum atomic E-state index is -1.00. The maximum atomic E-state index is 11.9. The predicted octanol–water partition coefficient (Wildman–Crippen LogP) is 1.80. The van der Waals surface area contributed by atoms with Gasteiger partial charge in [-0.2, -0.15) is 5.26 Å². The van der Waals surface area contributed by atoms with Crippen molar-refractivity contribution in [1.82, 2.24) is 5.32 Å². The van der Waals surface area contributed by atoms with Crippen LogP contribution in [0.5, 0.6) is 5.75 Å². The van der Waals surface area contributed by atoms with Crippen molar-refractivity contribution in [2.75, 3.05) is 12.4 Å². The molecule has 0 bridgehead atoms. The maximum absolute atomic E-state index is 11.9. The zero-order valence-electron chi connectivity index (χ0n) is 12.0. The molecule has 2 atom stereocenters. The van der Waals surface area contributed by atoms with Gasteiger partial charge >= 0.3 is 12.0 Å². The van der Waals surface area contributed by atoms with Gasteiger partial charge in [-0.25, -0.2) is 4.79 Å². The molecule has 0 aliphatic heterocycles. The van der Waals surface area contributed by atoms with E-state index in [4.69, 9.17) is 15.1 Å². The number of anilines is 1. The summed E-state index contributed by atoms with van der Waals surface area (Å²) < 4.78 is 5.09. The van der Waals surface area contributed by atoms with Crippen molar-refractivity contribution >= 4 is 17.7 Å². The fraction of sp³-hybridized carbons (Fsp3) is 0.357. The van der Waals surface area contributed by atoms with Gasteiger partial charge in [-0.05, 0) is 26.0 Å². The molecule has 0 fully saturated rings. The van der Waals surface area contributed by atoms with Crippen LogP contribution in [0.25, 0.3) is 0 Å². The Bertz CT molecular complexity index is 580. The third-order valence-electron chi connectivity index (χ3n) is 3.10. The van der Waals surface area contributed by atoms with Crippen LogP contribution in [0, 0.1) is 17.2 Å². The number of carboxylic acids is 1. The number of methoxy groups -OCH3 is 1. The first kappa shape index (κ1) is 16.3. The molecular weight excluding hydrogens is 274 g/mol. The van der Waals surface area contributed by atoms with Crippen LogP contribution in [0.3, 0.4) is 0 Å². The van der Waals surface area contributed by atoms with Gasteiger partial charge in [0.2, 0.25) is 0 Å². The number of amides is 2. The highest BCUT2D eigenvalue weighted by Crippen LogP contribution is 2.27. The minimum absolute atomic E-state index is 0.246. The summed E-state index contributed by atoms with van der Waals surface area (Å²) in [4.78, 5) is 22.8. The highest BCUT2D eigenvalue weighted by molar-refractivity contribution is 5.93. The molecule has 0 saturated carbocycles. The average Bonchev–Trinajstić information content (AvgIpc) is 2.46. The molecule has 1 rings (SSSR count). The van der Waals surface area contributed by atoms with Crippen LogP contribution in [0.1, 0.15) is 19.4 Å². The highest BCUT2D eigenvalue weighted by atomic mass is 16.5. The zero-order chi connectivity index (χ0) is 16.0. The van der Waals surface area contributed by atoms with E-state index >= 15 is 0 Å². The lowest BCUT2D eigenvalue weighted by Gasteiger charge is -2.19. The summed E-state index contributed by atoms with van der Waals surface area (Å²) in [7, 11) is 1.43. The number of urea groups is 1. The molecular formula is C14H17N3O4. The topological polar surface area (TPSA) is 111 Å². The summed E-state index contributed by atoms with van der Waals surface area (Å²) in [5, 5.41) is 23.0. The molecule has 2 amide bonds. The van der Waals surface area contributed by atoms with Crippen molar-refractivity contribution in [3.8, 4) is 11.8 Å². The summed E-state index contributed by atoms with van der Waals surface area (Å²) in [6, 6.07) is 5.57. The quantitative estimate of drug-likeness (QED) is 0.765. The Morgan fingerprint density at radius 1 is 1.38 bits per heavy atom. The molecule has 0 spiro atoms. The molecule has 0 aliphatic carbocycles. The Labute approximate surface area is 122 Å². The summed E-state index contributed by atoms with van der Waals surface area (Å²) in [6.07, 6.45) is 0. The number of para-hydroxylation sites is 1. The van der Waals surface area contributed by atoms with E-state index in [2.05, 4.69) is 10.6 Å². The Hall–Kier alpha value is -2.75. The number of rotatable bonds is 5. The number of carbonyl (C=O) groups excluding carboxylic acids is 1. The van der Waals surface area contributed by atoms with E-state index in [0.717, 1.165) is 0 Å². The normalized spacial score (nSPS) is 12.7. The van der Waals surface area contributed by atoms with Crippen molar-refractivity contribution < 1.29 is 19.4 Å². The Morgan fingerprint density at radius 2 is 2.05 bits per heavy atom. The first-order chi connectivity index (χ1) is 9.90. The van der Waals surface area contributed by atoms with Crippen LogP contribution in [-0.4, -0.2) is 30.3 Å². The lowest BCUT2D eigenvalue weighted by atomic mass is 10.0. The number of carboxylic acid groups (broad SMARTS) is 1. The van der Waals surface area contributed by atoms with E-state index < -0.39 is 24.0 Å². The van der Waals surface area contributed by atoms with E-state index in [1.165, 1.54) is 14.0 Å². The zero-order valence-corrected chi connectivity index (χ0v) is 12.0. The standard InChI is InChI=1S/C14H17N3O4/c1-8(13(18)19)9(2)16-14(20)17-12-10(7-15)5-4-6-11(12)21-3/h4-6,8-9H,1-3H3,(H,18,19)(H2,16,17,20). The summed E-state index contributed by atoms with van der Waals surface area (Å²) >= 11 is 0. The molecule has 0 saturated heterocycles. The van der Waals surface area contributed by atoms with Crippen LogP contribution in [0.15, 0.2) is 18.2 Å². The van der Waals surface area contributed by atoms with Gasteiger partial charge in [0, 0.05) is 6.04 Å². The Morgan fingerprint density at radius 3 is 2.57 bits per heavy atom. The van der Waals surface area contributed by atoms with Gasteiger partial charge in [0.15, 0.2) is 0 Å². The molecule has 0 heterocycles. The molecule has 2 unspecified atom stereocenters. The lowest BCUT2D eigenvalue weighted by molar-refractivity contribution is -0.141. The van der Waals surface area contributed by atoms with Gasteiger partial charge in [0.25, 0.3) is 0 Å². The first-order valence-corrected chi connectivity index (χ1v) is 6.28. The molecule has 0 aromatic heterocycles. The molecule has 0 radical (unpaired) electrons. The van der Waals surface area contributed by atoms with Crippen LogP contribution < -0.4 is 15.4 Å². The van der Waals surface area contributed by atoms with E-state index in [1.807, 2.05) is 6.07 Å². The third-order valence-corrected chi connectivity index (χ3v) is 3.10. The number of nitrogens with zero attached hydrogens (tertiary/aromatic N) is 1. The maximum Gasteiger partial charge on any atom is 0.319 e. The van der Waals surface area contributed by atoms with Gasteiger partial charge in [0.05, 0.1) is 18.6 Å². The highest BCUT2D eigenvalue weighted by Gasteiger charge is 2.21. The number of benzene rings is 1. The molecule has 7 heteroatoms. The molecule has 112 valence electrons. The number of nitrogens with one attached hydrogen (secondary N) is 2. The smallest absolute Gasteiger partial charge is 0.319 e. The number of hydrogen-bond acceptors (Lipinski definition) is 4. The lowest BCUT2D eigenvalue weighted by Crippen LogP contribution is -2.42. The Balaban J connectivity index is 2.85.